The van der Waals surface area contributed by atoms with Crippen LogP contribution in [0.2, 0.25) is 0 Å². The van der Waals surface area contributed by atoms with Crippen molar-refractivity contribution in [1.82, 2.24) is 4.90 Å². The molecule has 2 rings (SSSR count). The molecule has 0 aromatic heterocycles. The lowest BCUT2D eigenvalue weighted by molar-refractivity contribution is 0.180. The predicted octanol–water partition coefficient (Wildman–Crippen LogP) is 3.18. The average molecular weight is 246 g/mol. The first-order valence-corrected chi connectivity index (χ1v) is 7.20. The van der Waals surface area contributed by atoms with Crippen LogP contribution in [0.15, 0.2) is 18.2 Å². The Balaban J connectivity index is 2.30. The minimum Gasteiger partial charge on any atom is -0.329 e. The Bertz CT molecular complexity index is 400. The summed E-state index contributed by atoms with van der Waals surface area (Å²) in [5.74, 6) is 0. The fourth-order valence-electron chi connectivity index (χ4n) is 3.27. The molecule has 0 spiro atoms. The van der Waals surface area contributed by atoms with Gasteiger partial charge in [0.05, 0.1) is 0 Å². The minimum atomic E-state index is 0.400. The summed E-state index contributed by atoms with van der Waals surface area (Å²) in [4.78, 5) is 2.63. The lowest BCUT2D eigenvalue weighted by Crippen LogP contribution is -2.37. The van der Waals surface area contributed by atoms with Crippen LogP contribution in [0.25, 0.3) is 0 Å². The number of rotatable bonds is 4. The SMILES string of the molecule is CCC1CCCN1C(CN)c1cc(C)ccc1C. The number of aryl methyl sites for hydroxylation is 2. The van der Waals surface area contributed by atoms with Crippen molar-refractivity contribution in [2.45, 2.75) is 52.1 Å². The molecule has 1 saturated heterocycles. The molecule has 100 valence electrons. The molecular formula is C16H26N2. The second-order valence-corrected chi connectivity index (χ2v) is 5.55. The summed E-state index contributed by atoms with van der Waals surface area (Å²) in [5, 5.41) is 0. The van der Waals surface area contributed by atoms with Gasteiger partial charge in [0.15, 0.2) is 0 Å². The van der Waals surface area contributed by atoms with Gasteiger partial charge >= 0.3 is 0 Å². The molecule has 1 aliphatic heterocycles. The maximum Gasteiger partial charge on any atom is 0.0476 e. The van der Waals surface area contributed by atoms with Crippen LogP contribution in [0.3, 0.4) is 0 Å². The van der Waals surface area contributed by atoms with Gasteiger partial charge in [0.2, 0.25) is 0 Å². The summed E-state index contributed by atoms with van der Waals surface area (Å²) in [6.45, 7) is 8.58. The number of hydrogen-bond acceptors (Lipinski definition) is 2. The largest absolute Gasteiger partial charge is 0.329 e. The first-order chi connectivity index (χ1) is 8.67. The van der Waals surface area contributed by atoms with Crippen LogP contribution in [0.4, 0.5) is 0 Å². The van der Waals surface area contributed by atoms with Gasteiger partial charge in [0.1, 0.15) is 0 Å². The summed E-state index contributed by atoms with van der Waals surface area (Å²) in [7, 11) is 0. The number of benzene rings is 1. The van der Waals surface area contributed by atoms with Crippen LogP contribution in [0.1, 0.15) is 48.9 Å². The molecular weight excluding hydrogens is 220 g/mol. The molecule has 1 aromatic carbocycles. The van der Waals surface area contributed by atoms with Crippen molar-refractivity contribution in [2.24, 2.45) is 5.73 Å². The van der Waals surface area contributed by atoms with Gasteiger partial charge < -0.3 is 5.73 Å². The Kier molecular flexibility index (Phi) is 4.41. The highest BCUT2D eigenvalue weighted by atomic mass is 15.2. The van der Waals surface area contributed by atoms with Crippen molar-refractivity contribution < 1.29 is 0 Å². The van der Waals surface area contributed by atoms with Gasteiger partial charge in [-0.2, -0.15) is 0 Å². The molecule has 1 aliphatic rings. The molecule has 0 saturated carbocycles. The zero-order valence-corrected chi connectivity index (χ0v) is 11.9. The van der Waals surface area contributed by atoms with Crippen molar-refractivity contribution in [3.63, 3.8) is 0 Å². The first kappa shape index (κ1) is 13.6. The molecule has 2 N–H and O–H groups in total. The van der Waals surface area contributed by atoms with E-state index in [2.05, 4.69) is 43.9 Å². The van der Waals surface area contributed by atoms with E-state index in [9.17, 15) is 0 Å². The molecule has 1 aromatic rings. The van der Waals surface area contributed by atoms with Gasteiger partial charge in [-0.25, -0.2) is 0 Å². The summed E-state index contributed by atoms with van der Waals surface area (Å²) in [5.41, 5.74) is 10.2. The second-order valence-electron chi connectivity index (χ2n) is 5.55. The van der Waals surface area contributed by atoms with E-state index in [1.807, 2.05) is 0 Å². The standard InChI is InChI=1S/C16H26N2/c1-4-14-6-5-9-18(14)16(11-17)15-10-12(2)7-8-13(15)3/h7-8,10,14,16H,4-6,9,11,17H2,1-3H3. The third-order valence-electron chi connectivity index (χ3n) is 4.31. The molecule has 2 unspecified atom stereocenters. The normalized spacial score (nSPS) is 22.3. The van der Waals surface area contributed by atoms with Crippen molar-refractivity contribution in [2.75, 3.05) is 13.1 Å². The minimum absolute atomic E-state index is 0.400. The van der Waals surface area contributed by atoms with Crippen molar-refractivity contribution in [3.05, 3.63) is 34.9 Å². The van der Waals surface area contributed by atoms with E-state index in [4.69, 9.17) is 5.73 Å². The fourth-order valence-corrected chi connectivity index (χ4v) is 3.27. The number of likely N-dealkylation sites (tertiary alicyclic amines) is 1. The van der Waals surface area contributed by atoms with E-state index < -0.39 is 0 Å². The molecule has 0 bridgehead atoms. The summed E-state index contributed by atoms with van der Waals surface area (Å²) >= 11 is 0. The molecule has 2 heteroatoms. The van der Waals surface area contributed by atoms with Gasteiger partial charge in [-0.3, -0.25) is 4.90 Å². The number of hydrogen-bond donors (Lipinski definition) is 1. The lowest BCUT2D eigenvalue weighted by atomic mass is 9.97. The smallest absolute Gasteiger partial charge is 0.0476 e. The van der Waals surface area contributed by atoms with Gasteiger partial charge in [0, 0.05) is 18.6 Å². The highest BCUT2D eigenvalue weighted by molar-refractivity contribution is 5.33. The van der Waals surface area contributed by atoms with Crippen molar-refractivity contribution in [3.8, 4) is 0 Å². The summed E-state index contributed by atoms with van der Waals surface area (Å²) in [6.07, 6.45) is 3.89. The van der Waals surface area contributed by atoms with E-state index in [0.717, 1.165) is 12.6 Å². The van der Waals surface area contributed by atoms with E-state index in [1.54, 1.807) is 0 Å². The molecule has 2 atom stereocenters. The van der Waals surface area contributed by atoms with Crippen LogP contribution in [0, 0.1) is 13.8 Å². The molecule has 0 radical (unpaired) electrons. The van der Waals surface area contributed by atoms with E-state index in [1.165, 1.54) is 42.5 Å². The topological polar surface area (TPSA) is 29.3 Å². The van der Waals surface area contributed by atoms with Gasteiger partial charge in [-0.05, 0) is 50.8 Å². The molecule has 18 heavy (non-hydrogen) atoms. The molecule has 1 heterocycles. The lowest BCUT2D eigenvalue weighted by Gasteiger charge is -2.33. The quantitative estimate of drug-likeness (QED) is 0.884. The molecule has 1 fully saturated rings. The first-order valence-electron chi connectivity index (χ1n) is 7.20. The average Bonchev–Trinajstić information content (AvgIpc) is 2.83. The van der Waals surface area contributed by atoms with Crippen LogP contribution in [-0.2, 0) is 0 Å². The Morgan fingerprint density at radius 1 is 1.39 bits per heavy atom. The molecule has 0 aliphatic carbocycles. The highest BCUT2D eigenvalue weighted by Gasteiger charge is 2.30. The van der Waals surface area contributed by atoms with Gasteiger partial charge in [0.25, 0.3) is 0 Å². The summed E-state index contributed by atoms with van der Waals surface area (Å²) < 4.78 is 0. The molecule has 2 nitrogen and oxygen atoms in total. The maximum absolute atomic E-state index is 6.08. The Morgan fingerprint density at radius 2 is 2.17 bits per heavy atom. The van der Waals surface area contributed by atoms with Crippen LogP contribution >= 0.6 is 0 Å². The third kappa shape index (κ3) is 2.60. The fraction of sp³-hybridized carbons (Fsp3) is 0.625. The third-order valence-corrected chi connectivity index (χ3v) is 4.31. The Labute approximate surface area is 111 Å². The maximum atomic E-state index is 6.08. The van der Waals surface area contributed by atoms with E-state index in [-0.39, 0.29) is 0 Å². The van der Waals surface area contributed by atoms with E-state index in [0.29, 0.717) is 6.04 Å². The van der Waals surface area contributed by atoms with Crippen LogP contribution in [-0.4, -0.2) is 24.0 Å². The zero-order chi connectivity index (χ0) is 13.1. The second kappa shape index (κ2) is 5.85. The monoisotopic (exact) mass is 246 g/mol. The van der Waals surface area contributed by atoms with Crippen LogP contribution < -0.4 is 5.73 Å². The highest BCUT2D eigenvalue weighted by Crippen LogP contribution is 2.32. The van der Waals surface area contributed by atoms with Crippen molar-refractivity contribution in [1.29, 1.82) is 0 Å². The Hall–Kier alpha value is -0.860. The van der Waals surface area contributed by atoms with Crippen LogP contribution in [0.5, 0.6) is 0 Å². The molecule has 0 amide bonds. The number of nitrogens with two attached hydrogens (primary N) is 1. The zero-order valence-electron chi connectivity index (χ0n) is 11.9. The van der Waals surface area contributed by atoms with E-state index >= 15 is 0 Å². The van der Waals surface area contributed by atoms with Gasteiger partial charge in [-0.1, -0.05) is 30.7 Å². The summed E-state index contributed by atoms with van der Waals surface area (Å²) in [6, 6.07) is 7.85. The van der Waals surface area contributed by atoms with Gasteiger partial charge in [-0.15, -0.1) is 0 Å². The number of nitrogens with zero attached hydrogens (tertiary/aromatic N) is 1. The Morgan fingerprint density at radius 3 is 2.83 bits per heavy atom. The van der Waals surface area contributed by atoms with Crippen molar-refractivity contribution >= 4 is 0 Å². The predicted molar refractivity (Wildman–Crippen MR) is 77.7 cm³/mol.